The fraction of sp³-hybridized carbons (Fsp3) is 0.440. The summed E-state index contributed by atoms with van der Waals surface area (Å²) in [6.45, 7) is 5.24. The van der Waals surface area contributed by atoms with Gasteiger partial charge < -0.3 is 19.9 Å². The molecular weight excluding hydrogens is 390 g/mol. The Morgan fingerprint density at radius 1 is 1.00 bits per heavy atom. The number of rotatable bonds is 8. The van der Waals surface area contributed by atoms with Crippen LogP contribution in [0.4, 0.5) is 5.69 Å². The van der Waals surface area contributed by atoms with E-state index in [1.165, 1.54) is 11.1 Å². The highest BCUT2D eigenvalue weighted by Crippen LogP contribution is 2.26. The Kier molecular flexibility index (Phi) is 8.06. The van der Waals surface area contributed by atoms with Crippen LogP contribution < -0.4 is 10.1 Å². The van der Waals surface area contributed by atoms with Gasteiger partial charge in [-0.2, -0.15) is 0 Å². The second kappa shape index (κ2) is 11.0. The monoisotopic (exact) mass is 423 g/mol. The summed E-state index contributed by atoms with van der Waals surface area (Å²) in [5.41, 5.74) is 3.67. The van der Waals surface area contributed by atoms with Crippen molar-refractivity contribution in [2.24, 2.45) is 0 Å². The minimum atomic E-state index is -0.0635. The molecule has 6 nitrogen and oxygen atoms in total. The highest BCUT2D eigenvalue weighted by Gasteiger charge is 2.21. The zero-order valence-corrected chi connectivity index (χ0v) is 18.8. The van der Waals surface area contributed by atoms with Crippen LogP contribution in [0.2, 0.25) is 0 Å². The molecule has 6 heteroatoms. The first-order valence-corrected chi connectivity index (χ1v) is 11.0. The Balaban J connectivity index is 1.54. The van der Waals surface area contributed by atoms with E-state index in [0.717, 1.165) is 32.4 Å². The van der Waals surface area contributed by atoms with Gasteiger partial charge in [-0.05, 0) is 57.0 Å². The maximum atomic E-state index is 12.9. The smallest absolute Gasteiger partial charge is 0.254 e. The number of methoxy groups -OCH3 is 1. The number of ether oxygens (including phenoxy) is 1. The first-order valence-electron chi connectivity index (χ1n) is 11.0. The van der Waals surface area contributed by atoms with E-state index in [9.17, 15) is 9.59 Å². The minimum absolute atomic E-state index is 0.00986. The van der Waals surface area contributed by atoms with Crippen molar-refractivity contribution in [2.45, 2.75) is 32.6 Å². The fourth-order valence-corrected chi connectivity index (χ4v) is 3.71. The van der Waals surface area contributed by atoms with Gasteiger partial charge in [-0.3, -0.25) is 9.59 Å². The number of amides is 2. The van der Waals surface area contributed by atoms with E-state index in [2.05, 4.69) is 48.5 Å². The van der Waals surface area contributed by atoms with E-state index < -0.39 is 0 Å². The number of unbranched alkanes of at least 4 members (excludes halogenated alkanes) is 1. The summed E-state index contributed by atoms with van der Waals surface area (Å²) < 4.78 is 5.39. The van der Waals surface area contributed by atoms with Crippen molar-refractivity contribution in [1.82, 2.24) is 9.80 Å². The fourth-order valence-electron chi connectivity index (χ4n) is 3.71. The van der Waals surface area contributed by atoms with Crippen LogP contribution in [0.3, 0.4) is 0 Å². The van der Waals surface area contributed by atoms with E-state index in [1.807, 2.05) is 4.90 Å². The largest absolute Gasteiger partial charge is 0.495 e. The van der Waals surface area contributed by atoms with Crippen LogP contribution in [0.25, 0.3) is 0 Å². The molecule has 166 valence electrons. The Bertz CT molecular complexity index is 887. The summed E-state index contributed by atoms with van der Waals surface area (Å²) >= 11 is 0. The van der Waals surface area contributed by atoms with Crippen molar-refractivity contribution in [2.75, 3.05) is 45.7 Å². The van der Waals surface area contributed by atoms with Gasteiger partial charge in [0, 0.05) is 38.2 Å². The van der Waals surface area contributed by atoms with Gasteiger partial charge in [-0.25, -0.2) is 0 Å². The van der Waals surface area contributed by atoms with Crippen LogP contribution >= 0.6 is 0 Å². The molecule has 31 heavy (non-hydrogen) atoms. The second-order valence-electron chi connectivity index (χ2n) is 8.25. The van der Waals surface area contributed by atoms with Crippen LogP contribution in [0.1, 0.15) is 40.7 Å². The average Bonchev–Trinajstić information content (AvgIpc) is 2.78. The zero-order chi connectivity index (χ0) is 22.2. The highest BCUT2D eigenvalue weighted by molar-refractivity contribution is 5.98. The Hall–Kier alpha value is -2.86. The molecule has 0 aromatic heterocycles. The lowest BCUT2D eigenvalue weighted by Crippen LogP contribution is -2.47. The molecule has 0 atom stereocenters. The molecule has 1 aliphatic heterocycles. The van der Waals surface area contributed by atoms with Gasteiger partial charge >= 0.3 is 0 Å². The molecule has 2 amide bonds. The van der Waals surface area contributed by atoms with Gasteiger partial charge in [0.05, 0.1) is 12.8 Å². The molecule has 0 bridgehead atoms. The standard InChI is InChI=1S/C25H33N3O3/c1-19-8-10-20(11-9-19)6-4-5-7-24(29)26-22-18-21(12-13-23(22)31-3)25(30)28-16-14-27(2)15-17-28/h8-13,18H,4-7,14-17H2,1-3H3,(H,26,29). The number of piperazine rings is 1. The van der Waals surface area contributed by atoms with Crippen LogP contribution in [0, 0.1) is 6.92 Å². The van der Waals surface area contributed by atoms with Gasteiger partial charge in [-0.1, -0.05) is 29.8 Å². The maximum absolute atomic E-state index is 12.9. The van der Waals surface area contributed by atoms with Gasteiger partial charge in [0.15, 0.2) is 0 Å². The van der Waals surface area contributed by atoms with Gasteiger partial charge in [-0.15, -0.1) is 0 Å². The third kappa shape index (κ3) is 6.56. The quantitative estimate of drug-likeness (QED) is 0.657. The van der Waals surface area contributed by atoms with Gasteiger partial charge in [0.25, 0.3) is 5.91 Å². The van der Waals surface area contributed by atoms with Gasteiger partial charge in [0.1, 0.15) is 5.75 Å². The molecule has 0 radical (unpaired) electrons. The number of likely N-dealkylation sites (N-methyl/N-ethyl adjacent to an activating group) is 1. The lowest BCUT2D eigenvalue weighted by atomic mass is 10.1. The lowest BCUT2D eigenvalue weighted by molar-refractivity contribution is -0.116. The lowest BCUT2D eigenvalue weighted by Gasteiger charge is -2.32. The molecule has 1 heterocycles. The number of carbonyl (C=O) groups excluding carboxylic acids is 2. The predicted octanol–water partition coefficient (Wildman–Crippen LogP) is 3.74. The molecule has 1 aliphatic rings. The van der Waals surface area contributed by atoms with Crippen molar-refractivity contribution >= 4 is 17.5 Å². The first-order chi connectivity index (χ1) is 15.0. The molecule has 3 rings (SSSR count). The molecule has 1 saturated heterocycles. The molecule has 2 aromatic carbocycles. The van der Waals surface area contributed by atoms with Gasteiger partial charge in [0.2, 0.25) is 5.91 Å². The van der Waals surface area contributed by atoms with Crippen molar-refractivity contribution in [3.05, 3.63) is 59.2 Å². The van der Waals surface area contributed by atoms with Crippen molar-refractivity contribution in [1.29, 1.82) is 0 Å². The van der Waals surface area contributed by atoms with E-state index in [-0.39, 0.29) is 11.8 Å². The van der Waals surface area contributed by atoms with E-state index in [4.69, 9.17) is 4.74 Å². The Morgan fingerprint density at radius 2 is 1.71 bits per heavy atom. The van der Waals surface area contributed by atoms with Crippen molar-refractivity contribution in [3.63, 3.8) is 0 Å². The highest BCUT2D eigenvalue weighted by atomic mass is 16.5. The number of benzene rings is 2. The summed E-state index contributed by atoms with van der Waals surface area (Å²) in [6, 6.07) is 13.7. The number of nitrogens with zero attached hydrogens (tertiary/aromatic N) is 2. The number of hydrogen-bond acceptors (Lipinski definition) is 4. The molecule has 0 aliphatic carbocycles. The zero-order valence-electron chi connectivity index (χ0n) is 18.8. The van der Waals surface area contributed by atoms with Crippen LogP contribution in [-0.2, 0) is 11.2 Å². The molecule has 2 aromatic rings. The van der Waals surface area contributed by atoms with E-state index in [1.54, 1.807) is 25.3 Å². The third-order valence-corrected chi connectivity index (χ3v) is 5.75. The summed E-state index contributed by atoms with van der Waals surface area (Å²) in [5.74, 6) is 0.485. The van der Waals surface area contributed by atoms with Crippen LogP contribution in [0.15, 0.2) is 42.5 Å². The second-order valence-corrected chi connectivity index (χ2v) is 8.25. The Labute approximate surface area is 185 Å². The summed E-state index contributed by atoms with van der Waals surface area (Å²) in [4.78, 5) is 29.4. The number of anilines is 1. The summed E-state index contributed by atoms with van der Waals surface area (Å²) in [6.07, 6.45) is 3.16. The van der Waals surface area contributed by atoms with Crippen molar-refractivity contribution < 1.29 is 14.3 Å². The molecule has 1 fully saturated rings. The van der Waals surface area contributed by atoms with Crippen molar-refractivity contribution in [3.8, 4) is 5.75 Å². The number of hydrogen-bond donors (Lipinski definition) is 1. The maximum Gasteiger partial charge on any atom is 0.254 e. The number of nitrogens with one attached hydrogen (secondary N) is 1. The SMILES string of the molecule is COc1ccc(C(=O)N2CCN(C)CC2)cc1NC(=O)CCCCc1ccc(C)cc1. The minimum Gasteiger partial charge on any atom is -0.495 e. The average molecular weight is 424 g/mol. The van der Waals surface area contributed by atoms with Crippen LogP contribution in [-0.4, -0.2) is 62.0 Å². The molecule has 0 unspecified atom stereocenters. The van der Waals surface area contributed by atoms with Crippen LogP contribution in [0.5, 0.6) is 5.75 Å². The van der Waals surface area contributed by atoms with E-state index in [0.29, 0.717) is 36.5 Å². The Morgan fingerprint density at radius 3 is 2.39 bits per heavy atom. The molecule has 0 spiro atoms. The molecule has 0 saturated carbocycles. The first kappa shape index (κ1) is 22.8. The summed E-state index contributed by atoms with van der Waals surface area (Å²) in [7, 11) is 3.62. The predicted molar refractivity (Wildman–Crippen MR) is 124 cm³/mol. The third-order valence-electron chi connectivity index (χ3n) is 5.75. The number of aryl methyl sites for hydroxylation is 2. The molecule has 1 N–H and O–H groups in total. The topological polar surface area (TPSA) is 61.9 Å². The van der Waals surface area contributed by atoms with E-state index >= 15 is 0 Å². The summed E-state index contributed by atoms with van der Waals surface area (Å²) in [5, 5.41) is 2.93. The number of carbonyl (C=O) groups is 2. The molecular formula is C25H33N3O3. The normalized spacial score (nSPS) is 14.4.